The van der Waals surface area contributed by atoms with E-state index in [1.54, 1.807) is 12.1 Å². The minimum absolute atomic E-state index is 0.115. The summed E-state index contributed by atoms with van der Waals surface area (Å²) in [4.78, 5) is 0. The summed E-state index contributed by atoms with van der Waals surface area (Å²) >= 11 is 0. The lowest BCUT2D eigenvalue weighted by atomic mass is 10.2. The summed E-state index contributed by atoms with van der Waals surface area (Å²) in [6.07, 6.45) is 1.92. The van der Waals surface area contributed by atoms with Gasteiger partial charge in [-0.2, -0.15) is 0 Å². The second-order valence-electron chi connectivity index (χ2n) is 3.57. The van der Waals surface area contributed by atoms with E-state index in [1.165, 1.54) is 12.1 Å². The van der Waals surface area contributed by atoms with Crippen molar-refractivity contribution in [2.45, 2.75) is 18.4 Å². The monoisotopic (exact) mass is 181 g/mol. The fourth-order valence-electron chi connectivity index (χ4n) is 1.35. The fraction of sp³-hybridized carbons (Fsp3) is 0.400. The van der Waals surface area contributed by atoms with E-state index in [1.807, 2.05) is 0 Å². The molecular weight excluding hydrogens is 169 g/mol. The zero-order chi connectivity index (χ0) is 9.31. The number of aliphatic hydroxyl groups excluding tert-OH is 1. The van der Waals surface area contributed by atoms with Crippen molar-refractivity contribution in [3.63, 3.8) is 0 Å². The molecule has 3 heteroatoms. The first kappa shape index (κ1) is 8.51. The van der Waals surface area contributed by atoms with Crippen molar-refractivity contribution >= 4 is 5.69 Å². The van der Waals surface area contributed by atoms with Crippen molar-refractivity contribution < 1.29 is 9.50 Å². The third-order valence-corrected chi connectivity index (χ3v) is 2.39. The SMILES string of the molecule is OCC1(Nc2cccc(F)c2)CC1. The summed E-state index contributed by atoms with van der Waals surface area (Å²) in [6.45, 7) is 0.115. The summed E-state index contributed by atoms with van der Waals surface area (Å²) in [7, 11) is 0. The summed E-state index contributed by atoms with van der Waals surface area (Å²) in [5.41, 5.74) is 0.569. The molecule has 0 heterocycles. The van der Waals surface area contributed by atoms with Gasteiger partial charge in [0.2, 0.25) is 0 Å². The molecule has 0 bridgehead atoms. The van der Waals surface area contributed by atoms with Gasteiger partial charge in [-0.05, 0) is 31.0 Å². The average Bonchev–Trinajstić information content (AvgIpc) is 2.86. The number of nitrogens with one attached hydrogen (secondary N) is 1. The van der Waals surface area contributed by atoms with E-state index in [0.29, 0.717) is 0 Å². The summed E-state index contributed by atoms with van der Waals surface area (Å²) < 4.78 is 12.8. The van der Waals surface area contributed by atoms with Gasteiger partial charge in [0, 0.05) is 5.69 Å². The van der Waals surface area contributed by atoms with Crippen LogP contribution in [0.1, 0.15) is 12.8 Å². The minimum atomic E-state index is -0.251. The highest BCUT2D eigenvalue weighted by molar-refractivity contribution is 5.47. The molecule has 0 aromatic heterocycles. The quantitative estimate of drug-likeness (QED) is 0.744. The van der Waals surface area contributed by atoms with Crippen LogP contribution in [0.3, 0.4) is 0 Å². The molecule has 0 spiro atoms. The molecule has 1 aliphatic carbocycles. The van der Waals surface area contributed by atoms with Crippen molar-refractivity contribution in [2.75, 3.05) is 11.9 Å². The van der Waals surface area contributed by atoms with Gasteiger partial charge in [-0.1, -0.05) is 6.07 Å². The Morgan fingerprint density at radius 1 is 1.46 bits per heavy atom. The maximum absolute atomic E-state index is 12.8. The van der Waals surface area contributed by atoms with Gasteiger partial charge in [0.1, 0.15) is 5.82 Å². The number of anilines is 1. The normalized spacial score (nSPS) is 18.3. The third kappa shape index (κ3) is 1.80. The Kier molecular flexibility index (Phi) is 1.96. The molecule has 0 atom stereocenters. The lowest BCUT2D eigenvalue weighted by Crippen LogP contribution is -2.25. The van der Waals surface area contributed by atoms with Crippen LogP contribution in [-0.4, -0.2) is 17.3 Å². The van der Waals surface area contributed by atoms with Crippen LogP contribution < -0.4 is 5.32 Å². The van der Waals surface area contributed by atoms with Gasteiger partial charge in [-0.25, -0.2) is 4.39 Å². The van der Waals surface area contributed by atoms with Gasteiger partial charge >= 0.3 is 0 Å². The van der Waals surface area contributed by atoms with Crippen molar-refractivity contribution in [2.24, 2.45) is 0 Å². The van der Waals surface area contributed by atoms with Crippen LogP contribution in [0.5, 0.6) is 0 Å². The Balaban J connectivity index is 2.09. The van der Waals surface area contributed by atoms with Gasteiger partial charge in [0.15, 0.2) is 0 Å². The van der Waals surface area contributed by atoms with Crippen LogP contribution in [-0.2, 0) is 0 Å². The van der Waals surface area contributed by atoms with E-state index < -0.39 is 0 Å². The lowest BCUT2D eigenvalue weighted by molar-refractivity contribution is 0.266. The van der Waals surface area contributed by atoms with Crippen molar-refractivity contribution in [1.82, 2.24) is 0 Å². The van der Waals surface area contributed by atoms with Crippen LogP contribution in [0.15, 0.2) is 24.3 Å². The molecule has 2 N–H and O–H groups in total. The Bertz CT molecular complexity index is 310. The van der Waals surface area contributed by atoms with Crippen molar-refractivity contribution in [1.29, 1.82) is 0 Å². The maximum Gasteiger partial charge on any atom is 0.125 e. The molecular formula is C10H12FNO. The highest BCUT2D eigenvalue weighted by Crippen LogP contribution is 2.38. The highest BCUT2D eigenvalue weighted by atomic mass is 19.1. The second kappa shape index (κ2) is 3.00. The molecule has 13 heavy (non-hydrogen) atoms. The molecule has 0 amide bonds. The van der Waals surface area contributed by atoms with E-state index in [9.17, 15) is 4.39 Å². The predicted molar refractivity (Wildman–Crippen MR) is 49.1 cm³/mol. The standard InChI is InChI=1S/C10H12FNO/c11-8-2-1-3-9(6-8)12-10(7-13)4-5-10/h1-3,6,12-13H,4-5,7H2. The summed E-state index contributed by atoms with van der Waals surface area (Å²) in [5, 5.41) is 12.2. The Labute approximate surface area is 76.4 Å². The Morgan fingerprint density at radius 2 is 2.23 bits per heavy atom. The molecule has 2 rings (SSSR count). The number of halogens is 1. The van der Waals surface area contributed by atoms with Gasteiger partial charge in [-0.3, -0.25) is 0 Å². The smallest absolute Gasteiger partial charge is 0.125 e. The summed E-state index contributed by atoms with van der Waals surface area (Å²) in [6, 6.07) is 6.31. The fourth-order valence-corrected chi connectivity index (χ4v) is 1.35. The van der Waals surface area contributed by atoms with Crippen molar-refractivity contribution in [3.05, 3.63) is 30.1 Å². The third-order valence-electron chi connectivity index (χ3n) is 2.39. The molecule has 1 aromatic rings. The van der Waals surface area contributed by atoms with E-state index in [-0.39, 0.29) is 18.0 Å². The van der Waals surface area contributed by atoms with Gasteiger partial charge in [0.25, 0.3) is 0 Å². The summed E-state index contributed by atoms with van der Waals surface area (Å²) in [5.74, 6) is -0.251. The first-order valence-corrected chi connectivity index (χ1v) is 4.39. The van der Waals surface area contributed by atoms with E-state index >= 15 is 0 Å². The molecule has 1 saturated carbocycles. The van der Waals surface area contributed by atoms with Crippen LogP contribution >= 0.6 is 0 Å². The lowest BCUT2D eigenvalue weighted by Gasteiger charge is -2.15. The number of rotatable bonds is 3. The van der Waals surface area contributed by atoms with Gasteiger partial charge in [0.05, 0.1) is 12.1 Å². The highest BCUT2D eigenvalue weighted by Gasteiger charge is 2.41. The molecule has 0 unspecified atom stereocenters. The van der Waals surface area contributed by atoms with E-state index in [4.69, 9.17) is 5.11 Å². The van der Waals surface area contributed by atoms with Crippen LogP contribution in [0, 0.1) is 5.82 Å². The second-order valence-corrected chi connectivity index (χ2v) is 3.57. The number of hydrogen-bond acceptors (Lipinski definition) is 2. The number of benzene rings is 1. The molecule has 1 aliphatic rings. The molecule has 1 fully saturated rings. The van der Waals surface area contributed by atoms with Crippen LogP contribution in [0.25, 0.3) is 0 Å². The van der Waals surface area contributed by atoms with Crippen LogP contribution in [0.4, 0.5) is 10.1 Å². The molecule has 0 aliphatic heterocycles. The van der Waals surface area contributed by atoms with Gasteiger partial charge in [-0.15, -0.1) is 0 Å². The van der Waals surface area contributed by atoms with Crippen molar-refractivity contribution in [3.8, 4) is 0 Å². The largest absolute Gasteiger partial charge is 0.394 e. The van der Waals surface area contributed by atoms with E-state index in [2.05, 4.69) is 5.32 Å². The first-order chi connectivity index (χ1) is 6.24. The Morgan fingerprint density at radius 3 is 2.77 bits per heavy atom. The van der Waals surface area contributed by atoms with Crippen LogP contribution in [0.2, 0.25) is 0 Å². The minimum Gasteiger partial charge on any atom is -0.394 e. The zero-order valence-electron chi connectivity index (χ0n) is 7.26. The Hall–Kier alpha value is -1.09. The van der Waals surface area contributed by atoms with E-state index in [0.717, 1.165) is 18.5 Å². The number of hydrogen-bond donors (Lipinski definition) is 2. The first-order valence-electron chi connectivity index (χ1n) is 4.39. The maximum atomic E-state index is 12.8. The topological polar surface area (TPSA) is 32.3 Å². The molecule has 1 aromatic carbocycles. The molecule has 70 valence electrons. The zero-order valence-corrected chi connectivity index (χ0v) is 7.26. The average molecular weight is 181 g/mol. The molecule has 0 saturated heterocycles. The number of aliphatic hydroxyl groups is 1. The molecule has 0 radical (unpaired) electrons. The predicted octanol–water partition coefficient (Wildman–Crippen LogP) is 1.76. The van der Waals surface area contributed by atoms with Gasteiger partial charge < -0.3 is 10.4 Å². The molecule has 2 nitrogen and oxygen atoms in total.